The summed E-state index contributed by atoms with van der Waals surface area (Å²) in [5.74, 6) is 0.984. The maximum atomic E-state index is 12.8. The molecule has 27 heavy (non-hydrogen) atoms. The van der Waals surface area contributed by atoms with Gasteiger partial charge in [-0.05, 0) is 29.5 Å². The van der Waals surface area contributed by atoms with Crippen LogP contribution in [0.4, 0.5) is 5.69 Å². The minimum Gasteiger partial charge on any atom is -0.383 e. The molecule has 6 nitrogen and oxygen atoms in total. The number of nitrogens with zero attached hydrogens (tertiary/aromatic N) is 2. The molecule has 4 rings (SSSR count). The Balaban J connectivity index is 1.61. The first-order chi connectivity index (χ1) is 13.2. The van der Waals surface area contributed by atoms with Crippen LogP contribution in [0.3, 0.4) is 0 Å². The van der Waals surface area contributed by atoms with E-state index in [2.05, 4.69) is 22.8 Å². The lowest BCUT2D eigenvalue weighted by atomic mass is 9.96. The van der Waals surface area contributed by atoms with Crippen LogP contribution in [0.25, 0.3) is 0 Å². The molecule has 1 saturated heterocycles. The van der Waals surface area contributed by atoms with Crippen LogP contribution in [-0.4, -0.2) is 55.5 Å². The van der Waals surface area contributed by atoms with Crippen LogP contribution >= 0.6 is 11.3 Å². The molecule has 0 saturated carbocycles. The Bertz CT molecular complexity index is 836. The highest BCUT2D eigenvalue weighted by Crippen LogP contribution is 2.30. The fourth-order valence-corrected chi connectivity index (χ4v) is 4.35. The summed E-state index contributed by atoms with van der Waals surface area (Å²) in [5, 5.41) is 11.1. The highest BCUT2D eigenvalue weighted by atomic mass is 32.1. The number of rotatable bonds is 4. The third-order valence-corrected chi connectivity index (χ3v) is 5.91. The maximum absolute atomic E-state index is 12.8. The fourth-order valence-electron chi connectivity index (χ4n) is 3.72. The van der Waals surface area contributed by atoms with Crippen LogP contribution in [0, 0.1) is 0 Å². The van der Waals surface area contributed by atoms with Crippen LogP contribution in [0.1, 0.15) is 22.3 Å². The topological polar surface area (TPSA) is 66.0 Å². The van der Waals surface area contributed by atoms with Crippen LogP contribution in [0.5, 0.6) is 0 Å². The number of methoxy groups -OCH3 is 1. The van der Waals surface area contributed by atoms with Gasteiger partial charge < -0.3 is 15.0 Å². The van der Waals surface area contributed by atoms with Crippen molar-refractivity contribution < 1.29 is 9.53 Å². The number of ether oxygens (including phenoxy) is 1. The Morgan fingerprint density at radius 1 is 1.37 bits per heavy atom. The van der Waals surface area contributed by atoms with Gasteiger partial charge >= 0.3 is 0 Å². The molecule has 1 aromatic carbocycles. The molecule has 0 bridgehead atoms. The van der Waals surface area contributed by atoms with E-state index in [1.807, 2.05) is 33.9 Å². The predicted octanol–water partition coefficient (Wildman–Crippen LogP) is 2.59. The number of hydrogen-bond donors (Lipinski definition) is 2. The normalized spacial score (nSPS) is 23.3. The summed E-state index contributed by atoms with van der Waals surface area (Å²) in [7, 11) is 1.68. The summed E-state index contributed by atoms with van der Waals surface area (Å²) in [6.07, 6.45) is 0.829. The number of likely N-dealkylation sites (tertiary alicyclic amines) is 1. The molecule has 7 heteroatoms. The fraction of sp³-hybridized carbons (Fsp3) is 0.400. The van der Waals surface area contributed by atoms with E-state index in [1.165, 1.54) is 5.56 Å². The quantitative estimate of drug-likeness (QED) is 0.796. The first-order valence-corrected chi connectivity index (χ1v) is 10.1. The number of thiophene rings is 1. The zero-order chi connectivity index (χ0) is 18.7. The minimum absolute atomic E-state index is 0.0907. The number of carbonyl (C=O) groups excluding carboxylic acids is 1. The molecule has 2 aliphatic rings. The average Bonchev–Trinajstić information content (AvgIpc) is 3.34. The van der Waals surface area contributed by atoms with Gasteiger partial charge in [0.05, 0.1) is 24.3 Å². The van der Waals surface area contributed by atoms with Crippen molar-refractivity contribution in [1.29, 1.82) is 0 Å². The molecule has 1 spiro atoms. The molecule has 1 fully saturated rings. The summed E-state index contributed by atoms with van der Waals surface area (Å²) >= 11 is 1.55. The molecule has 2 aromatic rings. The first kappa shape index (κ1) is 18.2. The Morgan fingerprint density at radius 3 is 3.07 bits per heavy atom. The van der Waals surface area contributed by atoms with Gasteiger partial charge in [-0.1, -0.05) is 18.2 Å². The number of para-hydroxylation sites is 1. The Morgan fingerprint density at radius 2 is 2.26 bits per heavy atom. The lowest BCUT2D eigenvalue weighted by Gasteiger charge is -2.30. The van der Waals surface area contributed by atoms with E-state index < -0.39 is 0 Å². The van der Waals surface area contributed by atoms with Crippen molar-refractivity contribution in [2.45, 2.75) is 18.5 Å². The molecular weight excluding hydrogens is 360 g/mol. The molecule has 3 heterocycles. The smallest absolute Gasteiger partial charge is 0.254 e. The molecule has 1 atom stereocenters. The second-order valence-corrected chi connectivity index (χ2v) is 7.71. The van der Waals surface area contributed by atoms with Crippen molar-refractivity contribution in [2.24, 2.45) is 4.99 Å². The molecule has 0 aliphatic carbocycles. The molecular formula is C20H24N4O2S. The highest BCUT2D eigenvalue weighted by molar-refractivity contribution is 7.08. The van der Waals surface area contributed by atoms with Gasteiger partial charge in [0.15, 0.2) is 0 Å². The number of amidine groups is 1. The van der Waals surface area contributed by atoms with Gasteiger partial charge in [-0.25, -0.2) is 0 Å². The summed E-state index contributed by atoms with van der Waals surface area (Å²) in [6.45, 7) is 3.22. The van der Waals surface area contributed by atoms with E-state index in [4.69, 9.17) is 9.73 Å². The largest absolute Gasteiger partial charge is 0.383 e. The third kappa shape index (κ3) is 3.63. The van der Waals surface area contributed by atoms with Crippen molar-refractivity contribution >= 4 is 28.8 Å². The van der Waals surface area contributed by atoms with Gasteiger partial charge in [0.25, 0.3) is 5.91 Å². The number of hydrogen-bond acceptors (Lipinski definition) is 5. The number of amides is 1. The van der Waals surface area contributed by atoms with Gasteiger partial charge in [0.1, 0.15) is 5.84 Å². The first-order valence-electron chi connectivity index (χ1n) is 9.17. The van der Waals surface area contributed by atoms with Crippen LogP contribution in [0.15, 0.2) is 46.1 Å². The summed E-state index contributed by atoms with van der Waals surface area (Å²) < 4.78 is 5.17. The van der Waals surface area contributed by atoms with Crippen molar-refractivity contribution in [3.63, 3.8) is 0 Å². The maximum Gasteiger partial charge on any atom is 0.254 e. The molecule has 1 amide bonds. The molecule has 2 aliphatic heterocycles. The van der Waals surface area contributed by atoms with Crippen molar-refractivity contribution in [3.8, 4) is 0 Å². The van der Waals surface area contributed by atoms with E-state index in [-0.39, 0.29) is 11.4 Å². The van der Waals surface area contributed by atoms with Gasteiger partial charge in [-0.15, -0.1) is 0 Å². The Kier molecular flexibility index (Phi) is 5.24. The second kappa shape index (κ2) is 7.80. The van der Waals surface area contributed by atoms with Crippen LogP contribution in [-0.2, 0) is 11.3 Å². The Labute approximate surface area is 163 Å². The Hall–Kier alpha value is -2.22. The number of nitrogens with one attached hydrogen (secondary N) is 2. The van der Waals surface area contributed by atoms with Gasteiger partial charge in [-0.2, -0.15) is 11.3 Å². The van der Waals surface area contributed by atoms with Crippen molar-refractivity contribution in [1.82, 2.24) is 10.2 Å². The monoisotopic (exact) mass is 384 g/mol. The lowest BCUT2D eigenvalue weighted by Crippen LogP contribution is -2.55. The summed E-state index contributed by atoms with van der Waals surface area (Å²) in [4.78, 5) is 19.6. The zero-order valence-electron chi connectivity index (χ0n) is 15.4. The summed E-state index contributed by atoms with van der Waals surface area (Å²) in [6, 6.07) is 10.1. The van der Waals surface area contributed by atoms with Gasteiger partial charge in [0, 0.05) is 37.8 Å². The van der Waals surface area contributed by atoms with Crippen LogP contribution in [0.2, 0.25) is 0 Å². The van der Waals surface area contributed by atoms with E-state index in [0.717, 1.165) is 30.1 Å². The van der Waals surface area contributed by atoms with Gasteiger partial charge in [0.2, 0.25) is 0 Å². The van der Waals surface area contributed by atoms with E-state index >= 15 is 0 Å². The standard InChI is InChI=1S/C20H24N4O2S/c1-26-10-8-21-19-20(22-12-15-4-2-3-5-17(15)23-19)7-9-24(14-20)18(25)16-6-11-27-13-16/h2-6,11,13,22H,7-10,12,14H2,1H3,(H,21,23). The lowest BCUT2D eigenvalue weighted by molar-refractivity contribution is 0.0786. The predicted molar refractivity (Wildman–Crippen MR) is 109 cm³/mol. The van der Waals surface area contributed by atoms with Gasteiger partial charge in [-0.3, -0.25) is 15.1 Å². The second-order valence-electron chi connectivity index (χ2n) is 6.93. The number of carbonyl (C=O) groups is 1. The SMILES string of the molecule is COCCN=C1Nc2ccccc2CNC12CCN(C(=O)c1ccsc1)C2. The van der Waals surface area contributed by atoms with E-state index in [1.54, 1.807) is 18.4 Å². The van der Waals surface area contributed by atoms with Crippen LogP contribution < -0.4 is 10.6 Å². The molecule has 2 N–H and O–H groups in total. The van der Waals surface area contributed by atoms with E-state index in [9.17, 15) is 4.79 Å². The van der Waals surface area contributed by atoms with E-state index in [0.29, 0.717) is 26.2 Å². The molecule has 1 unspecified atom stereocenters. The van der Waals surface area contributed by atoms with Crippen molar-refractivity contribution in [3.05, 3.63) is 52.2 Å². The minimum atomic E-state index is -0.363. The highest BCUT2D eigenvalue weighted by Gasteiger charge is 2.45. The summed E-state index contributed by atoms with van der Waals surface area (Å²) in [5.41, 5.74) is 2.68. The zero-order valence-corrected chi connectivity index (χ0v) is 16.2. The van der Waals surface area contributed by atoms with Crippen molar-refractivity contribution in [2.75, 3.05) is 38.7 Å². The number of anilines is 1. The number of fused-ring (bicyclic) bond motifs is 1. The molecule has 1 aromatic heterocycles. The average molecular weight is 385 g/mol. The molecule has 142 valence electrons. The molecule has 0 radical (unpaired) electrons. The third-order valence-electron chi connectivity index (χ3n) is 5.23. The number of aliphatic imine (C=N–C) groups is 1. The number of benzene rings is 1.